The minimum Gasteiger partial charge on any atom is -0.314 e. The van der Waals surface area contributed by atoms with Gasteiger partial charge in [0.25, 0.3) is 0 Å². The third-order valence-corrected chi connectivity index (χ3v) is 3.45. The fourth-order valence-electron chi connectivity index (χ4n) is 2.80. The van der Waals surface area contributed by atoms with Crippen LogP contribution in [0.3, 0.4) is 0 Å². The highest BCUT2D eigenvalue weighted by molar-refractivity contribution is 4.74. The van der Waals surface area contributed by atoms with Crippen molar-refractivity contribution in [2.45, 2.75) is 59.4 Å². The summed E-state index contributed by atoms with van der Waals surface area (Å²) in [4.78, 5) is 2.66. The first-order valence-electron chi connectivity index (χ1n) is 7.53. The van der Waals surface area contributed by atoms with Gasteiger partial charge in [-0.2, -0.15) is 0 Å². The Bertz CT molecular complexity index is 173. The van der Waals surface area contributed by atoms with E-state index in [1.807, 2.05) is 0 Å². The van der Waals surface area contributed by atoms with E-state index in [-0.39, 0.29) is 0 Å². The Labute approximate surface area is 108 Å². The van der Waals surface area contributed by atoms with Gasteiger partial charge in [0.2, 0.25) is 0 Å². The predicted molar refractivity (Wildman–Crippen MR) is 76.4 cm³/mol. The maximum atomic E-state index is 3.65. The lowest BCUT2D eigenvalue weighted by atomic mass is 10.0. The van der Waals surface area contributed by atoms with Gasteiger partial charge in [-0.05, 0) is 44.2 Å². The minimum absolute atomic E-state index is 0.783. The molecule has 1 aliphatic heterocycles. The number of nitrogens with one attached hydrogen (secondary N) is 1. The normalized spacial score (nSPS) is 21.7. The van der Waals surface area contributed by atoms with Crippen LogP contribution in [0.1, 0.15) is 53.4 Å². The van der Waals surface area contributed by atoms with Gasteiger partial charge in [-0.15, -0.1) is 0 Å². The smallest absolute Gasteiger partial charge is 0.00792 e. The van der Waals surface area contributed by atoms with E-state index in [9.17, 15) is 0 Å². The largest absolute Gasteiger partial charge is 0.314 e. The summed E-state index contributed by atoms with van der Waals surface area (Å²) in [6.45, 7) is 14.3. The summed E-state index contributed by atoms with van der Waals surface area (Å²) in [6, 6.07) is 0.783. The Morgan fingerprint density at radius 2 is 1.71 bits per heavy atom. The summed E-state index contributed by atoms with van der Waals surface area (Å²) in [7, 11) is 0. The number of piperidine rings is 1. The summed E-state index contributed by atoms with van der Waals surface area (Å²) in [5.74, 6) is 1.57. The summed E-state index contributed by atoms with van der Waals surface area (Å²) < 4.78 is 0. The Morgan fingerprint density at radius 1 is 1.06 bits per heavy atom. The van der Waals surface area contributed by atoms with Gasteiger partial charge in [0, 0.05) is 19.1 Å². The van der Waals surface area contributed by atoms with E-state index in [1.165, 1.54) is 51.9 Å². The van der Waals surface area contributed by atoms with Gasteiger partial charge in [0.15, 0.2) is 0 Å². The van der Waals surface area contributed by atoms with Gasteiger partial charge >= 0.3 is 0 Å². The second-order valence-corrected chi connectivity index (χ2v) is 6.48. The van der Waals surface area contributed by atoms with Crippen molar-refractivity contribution in [3.63, 3.8) is 0 Å². The van der Waals surface area contributed by atoms with Gasteiger partial charge in [-0.25, -0.2) is 0 Å². The second-order valence-electron chi connectivity index (χ2n) is 6.48. The molecule has 1 aliphatic rings. The van der Waals surface area contributed by atoms with E-state index in [0.717, 1.165) is 17.9 Å². The van der Waals surface area contributed by atoms with Crippen LogP contribution in [0.2, 0.25) is 0 Å². The van der Waals surface area contributed by atoms with E-state index in [0.29, 0.717) is 0 Å². The molecule has 0 aliphatic carbocycles. The molecule has 0 aromatic rings. The van der Waals surface area contributed by atoms with Crippen LogP contribution >= 0.6 is 0 Å². The lowest BCUT2D eigenvalue weighted by Crippen LogP contribution is -2.39. The maximum absolute atomic E-state index is 3.65. The molecule has 1 saturated heterocycles. The summed E-state index contributed by atoms with van der Waals surface area (Å²) >= 11 is 0. The quantitative estimate of drug-likeness (QED) is 0.735. The van der Waals surface area contributed by atoms with Crippen LogP contribution in [-0.4, -0.2) is 37.1 Å². The third kappa shape index (κ3) is 7.05. The number of hydrogen-bond donors (Lipinski definition) is 1. The molecule has 1 heterocycles. The third-order valence-electron chi connectivity index (χ3n) is 3.45. The fourth-order valence-corrected chi connectivity index (χ4v) is 2.80. The molecular weight excluding hydrogens is 208 g/mol. The highest BCUT2D eigenvalue weighted by Gasteiger charge is 2.15. The molecule has 0 aromatic carbocycles. The molecule has 1 atom stereocenters. The zero-order valence-electron chi connectivity index (χ0n) is 12.3. The minimum atomic E-state index is 0.783. The lowest BCUT2D eigenvalue weighted by molar-refractivity contribution is 0.203. The van der Waals surface area contributed by atoms with Gasteiger partial charge in [0.1, 0.15) is 0 Å². The summed E-state index contributed by atoms with van der Waals surface area (Å²) in [6.07, 6.45) is 5.51. The molecule has 17 heavy (non-hydrogen) atoms. The van der Waals surface area contributed by atoms with Crippen molar-refractivity contribution < 1.29 is 0 Å². The van der Waals surface area contributed by atoms with Crippen molar-refractivity contribution in [3.8, 4) is 0 Å². The van der Waals surface area contributed by atoms with E-state index in [2.05, 4.69) is 37.9 Å². The molecule has 0 amide bonds. The van der Waals surface area contributed by atoms with Crippen molar-refractivity contribution in [1.82, 2.24) is 10.2 Å². The molecule has 2 heteroatoms. The molecule has 0 aromatic heterocycles. The highest BCUT2D eigenvalue weighted by atomic mass is 15.1. The van der Waals surface area contributed by atoms with Crippen LogP contribution in [0.4, 0.5) is 0 Å². The fraction of sp³-hybridized carbons (Fsp3) is 1.00. The summed E-state index contributed by atoms with van der Waals surface area (Å²) in [5.41, 5.74) is 0. The lowest BCUT2D eigenvalue weighted by Gasteiger charge is -2.30. The Kier molecular flexibility index (Phi) is 7.14. The van der Waals surface area contributed by atoms with Gasteiger partial charge in [-0.1, -0.05) is 34.1 Å². The first-order valence-corrected chi connectivity index (χ1v) is 7.53. The van der Waals surface area contributed by atoms with Crippen molar-refractivity contribution in [2.24, 2.45) is 11.8 Å². The highest BCUT2D eigenvalue weighted by Crippen LogP contribution is 2.12. The molecule has 1 rings (SSSR count). The van der Waals surface area contributed by atoms with E-state index in [4.69, 9.17) is 0 Å². The molecule has 2 nitrogen and oxygen atoms in total. The number of rotatable bonds is 7. The van der Waals surface area contributed by atoms with Crippen LogP contribution in [-0.2, 0) is 0 Å². The van der Waals surface area contributed by atoms with Crippen LogP contribution in [0.5, 0.6) is 0 Å². The van der Waals surface area contributed by atoms with E-state index < -0.39 is 0 Å². The van der Waals surface area contributed by atoms with Crippen molar-refractivity contribution in [1.29, 1.82) is 0 Å². The van der Waals surface area contributed by atoms with E-state index >= 15 is 0 Å². The molecule has 0 saturated carbocycles. The Morgan fingerprint density at radius 3 is 2.18 bits per heavy atom. The molecule has 0 bridgehead atoms. The standard InChI is InChI=1S/C15H32N2/c1-13(2)11-17(12-14(3)4)10-8-15-7-5-6-9-16-15/h13-16H,5-12H2,1-4H3. The molecular formula is C15H32N2. The monoisotopic (exact) mass is 240 g/mol. The second kappa shape index (κ2) is 8.10. The zero-order valence-corrected chi connectivity index (χ0v) is 12.3. The van der Waals surface area contributed by atoms with Crippen molar-refractivity contribution >= 4 is 0 Å². The van der Waals surface area contributed by atoms with Gasteiger partial charge in [-0.3, -0.25) is 0 Å². The maximum Gasteiger partial charge on any atom is 0.00792 e. The molecule has 102 valence electrons. The van der Waals surface area contributed by atoms with Crippen LogP contribution in [0.15, 0.2) is 0 Å². The topological polar surface area (TPSA) is 15.3 Å². The van der Waals surface area contributed by atoms with Crippen LogP contribution < -0.4 is 5.32 Å². The first-order chi connectivity index (χ1) is 8.08. The molecule has 0 radical (unpaired) electrons. The Balaban J connectivity index is 2.26. The molecule has 1 N–H and O–H groups in total. The van der Waals surface area contributed by atoms with Gasteiger partial charge in [0.05, 0.1) is 0 Å². The Hall–Kier alpha value is -0.0800. The number of hydrogen-bond acceptors (Lipinski definition) is 2. The van der Waals surface area contributed by atoms with E-state index in [1.54, 1.807) is 0 Å². The number of nitrogens with zero attached hydrogens (tertiary/aromatic N) is 1. The molecule has 0 spiro atoms. The van der Waals surface area contributed by atoms with Gasteiger partial charge < -0.3 is 10.2 Å². The summed E-state index contributed by atoms with van der Waals surface area (Å²) in [5, 5.41) is 3.65. The van der Waals surface area contributed by atoms with Crippen LogP contribution in [0, 0.1) is 11.8 Å². The molecule has 1 fully saturated rings. The predicted octanol–water partition coefficient (Wildman–Crippen LogP) is 3.13. The van der Waals surface area contributed by atoms with Crippen molar-refractivity contribution in [3.05, 3.63) is 0 Å². The molecule has 1 unspecified atom stereocenters. The SMILES string of the molecule is CC(C)CN(CCC1CCCCN1)CC(C)C. The average Bonchev–Trinajstić information content (AvgIpc) is 2.26. The zero-order chi connectivity index (χ0) is 12.7. The average molecular weight is 240 g/mol. The van der Waals surface area contributed by atoms with Crippen molar-refractivity contribution in [2.75, 3.05) is 26.2 Å². The first kappa shape index (κ1) is 15.0. The van der Waals surface area contributed by atoms with Crippen LogP contribution in [0.25, 0.3) is 0 Å².